The van der Waals surface area contributed by atoms with Crippen molar-refractivity contribution in [2.75, 3.05) is 36.8 Å². The average Bonchev–Trinajstić information content (AvgIpc) is 3.21. The van der Waals surface area contributed by atoms with E-state index in [0.717, 1.165) is 20.9 Å². The third kappa shape index (κ3) is 3.91. The summed E-state index contributed by atoms with van der Waals surface area (Å²) < 4.78 is 25.3. The van der Waals surface area contributed by atoms with Gasteiger partial charge in [-0.1, -0.05) is 35.9 Å². The van der Waals surface area contributed by atoms with Gasteiger partial charge in [-0.3, -0.25) is 4.79 Å². The molecule has 30 heavy (non-hydrogen) atoms. The molecule has 6 nitrogen and oxygen atoms in total. The number of nitrogens with zero attached hydrogens (tertiary/aromatic N) is 3. The van der Waals surface area contributed by atoms with Crippen molar-refractivity contribution in [2.45, 2.75) is 18.7 Å². The fourth-order valence-corrected chi connectivity index (χ4v) is 5.65. The molecule has 0 unspecified atom stereocenters. The van der Waals surface area contributed by atoms with Crippen LogP contribution in [0, 0.1) is 6.92 Å². The number of carbonyl (C=O) groups excluding carboxylic acids is 1. The lowest BCUT2D eigenvalue weighted by Gasteiger charge is -2.34. The Morgan fingerprint density at radius 1 is 1.17 bits per heavy atom. The van der Waals surface area contributed by atoms with Crippen molar-refractivity contribution in [2.24, 2.45) is 0 Å². The second-order valence-electron chi connectivity index (χ2n) is 7.23. The fraction of sp³-hybridized carbons (Fsp3) is 0.333. The summed E-state index contributed by atoms with van der Waals surface area (Å²) in [6, 6.07) is 10.2. The minimum absolute atomic E-state index is 0.0101. The molecule has 2 heterocycles. The zero-order valence-corrected chi connectivity index (χ0v) is 19.1. The van der Waals surface area contributed by atoms with Crippen molar-refractivity contribution >= 4 is 54.0 Å². The number of aryl methyl sites for hydroxylation is 1. The highest BCUT2D eigenvalue weighted by atomic mass is 35.5. The molecule has 0 bridgehead atoms. The van der Waals surface area contributed by atoms with Gasteiger partial charge in [0.15, 0.2) is 15.0 Å². The smallest absolute Gasteiger partial charge is 0.254 e. The molecule has 1 amide bonds. The minimum atomic E-state index is -3.34. The predicted molar refractivity (Wildman–Crippen MR) is 122 cm³/mol. The Labute approximate surface area is 185 Å². The van der Waals surface area contributed by atoms with Crippen molar-refractivity contribution in [1.82, 2.24) is 9.88 Å². The van der Waals surface area contributed by atoms with E-state index >= 15 is 0 Å². The highest BCUT2D eigenvalue weighted by Crippen LogP contribution is 2.34. The van der Waals surface area contributed by atoms with Crippen molar-refractivity contribution in [3.05, 3.63) is 52.5 Å². The van der Waals surface area contributed by atoms with Crippen molar-refractivity contribution < 1.29 is 13.2 Å². The molecule has 0 spiro atoms. The van der Waals surface area contributed by atoms with E-state index in [4.69, 9.17) is 16.6 Å². The molecule has 0 atom stereocenters. The Hall–Kier alpha value is -2.16. The van der Waals surface area contributed by atoms with Crippen molar-refractivity contribution in [1.29, 1.82) is 0 Å². The number of benzene rings is 2. The van der Waals surface area contributed by atoms with E-state index < -0.39 is 9.84 Å². The van der Waals surface area contributed by atoms with Crippen LogP contribution in [0.4, 0.5) is 5.13 Å². The second-order valence-corrected chi connectivity index (χ2v) is 10.9. The summed E-state index contributed by atoms with van der Waals surface area (Å²) in [7, 11) is -3.34. The highest BCUT2D eigenvalue weighted by Gasteiger charge is 2.25. The number of rotatable bonds is 4. The highest BCUT2D eigenvalue weighted by molar-refractivity contribution is 7.91. The molecular weight excluding hydrogens is 442 g/mol. The quantitative estimate of drug-likeness (QED) is 0.584. The molecule has 1 saturated heterocycles. The molecule has 9 heteroatoms. The molecule has 0 N–H and O–H groups in total. The van der Waals surface area contributed by atoms with Gasteiger partial charge in [-0.2, -0.15) is 0 Å². The maximum absolute atomic E-state index is 12.9. The van der Waals surface area contributed by atoms with Crippen LogP contribution in [0.15, 0.2) is 41.3 Å². The van der Waals surface area contributed by atoms with Crippen LogP contribution < -0.4 is 4.90 Å². The molecule has 0 saturated carbocycles. The summed E-state index contributed by atoms with van der Waals surface area (Å²) in [5, 5.41) is 1.64. The zero-order chi connectivity index (χ0) is 21.5. The molecule has 0 aliphatic carbocycles. The first-order valence-electron chi connectivity index (χ1n) is 9.73. The van der Waals surface area contributed by atoms with E-state index in [1.165, 1.54) is 12.1 Å². The number of hydrogen-bond donors (Lipinski definition) is 0. The molecule has 158 valence electrons. The van der Waals surface area contributed by atoms with Crippen molar-refractivity contribution in [3.63, 3.8) is 0 Å². The Bertz CT molecular complexity index is 1220. The Kier molecular flexibility index (Phi) is 5.74. The molecular formula is C21H22ClN3O3S2. The van der Waals surface area contributed by atoms with Gasteiger partial charge in [0.2, 0.25) is 0 Å². The molecule has 0 radical (unpaired) electrons. The first-order chi connectivity index (χ1) is 14.3. The third-order valence-corrected chi connectivity index (χ3v) is 8.62. The fourth-order valence-electron chi connectivity index (χ4n) is 3.50. The van der Waals surface area contributed by atoms with Crippen LogP contribution in [0.25, 0.3) is 10.2 Å². The lowest BCUT2D eigenvalue weighted by Crippen LogP contribution is -2.48. The first-order valence-corrected chi connectivity index (χ1v) is 12.6. The van der Waals surface area contributed by atoms with E-state index in [0.29, 0.717) is 36.8 Å². The molecule has 1 aromatic heterocycles. The normalized spacial score (nSPS) is 15.0. The summed E-state index contributed by atoms with van der Waals surface area (Å²) in [5.74, 6) is -0.134. The van der Waals surface area contributed by atoms with Gasteiger partial charge in [0.25, 0.3) is 5.91 Å². The van der Waals surface area contributed by atoms with Crippen molar-refractivity contribution in [3.8, 4) is 0 Å². The van der Waals surface area contributed by atoms with Crippen LogP contribution in [0.3, 0.4) is 0 Å². The van der Waals surface area contributed by atoms with Crippen LogP contribution >= 0.6 is 22.9 Å². The Balaban J connectivity index is 1.48. The van der Waals surface area contributed by atoms with Gasteiger partial charge < -0.3 is 9.80 Å². The van der Waals surface area contributed by atoms with Gasteiger partial charge in [0.1, 0.15) is 0 Å². The monoisotopic (exact) mass is 463 g/mol. The maximum atomic E-state index is 12.9. The van der Waals surface area contributed by atoms with Gasteiger partial charge >= 0.3 is 0 Å². The predicted octanol–water partition coefficient (Wildman–Crippen LogP) is 4.01. The molecule has 2 aromatic carbocycles. The van der Waals surface area contributed by atoms with Crippen LogP contribution in [0.1, 0.15) is 22.8 Å². The standard InChI is InChI=1S/C21H22ClN3O3S2/c1-3-30(27,28)16-6-4-5-15(13-16)20(26)24-9-11-25(12-10-24)21-23-19-14(2)17(22)7-8-18(19)29-21/h4-8,13H,3,9-12H2,1-2H3. The second kappa shape index (κ2) is 8.17. The number of halogens is 1. The number of aromatic nitrogens is 1. The van der Waals surface area contributed by atoms with Crippen LogP contribution in [-0.2, 0) is 9.84 Å². The number of amides is 1. The number of sulfone groups is 1. The van der Waals surface area contributed by atoms with Gasteiger partial charge in [-0.25, -0.2) is 13.4 Å². The van der Waals surface area contributed by atoms with E-state index in [9.17, 15) is 13.2 Å². The van der Waals surface area contributed by atoms with E-state index in [-0.39, 0.29) is 16.6 Å². The number of fused-ring (bicyclic) bond motifs is 1. The summed E-state index contributed by atoms with van der Waals surface area (Å²) >= 11 is 7.84. The maximum Gasteiger partial charge on any atom is 0.254 e. The zero-order valence-electron chi connectivity index (χ0n) is 16.8. The first kappa shape index (κ1) is 21.1. The lowest BCUT2D eigenvalue weighted by molar-refractivity contribution is 0.0746. The third-order valence-electron chi connectivity index (χ3n) is 5.39. The Morgan fingerprint density at radius 2 is 1.90 bits per heavy atom. The molecule has 4 rings (SSSR count). The molecule has 3 aromatic rings. The topological polar surface area (TPSA) is 70.6 Å². The van der Waals surface area contributed by atoms with E-state index in [2.05, 4.69) is 4.90 Å². The number of anilines is 1. The number of thiazole rings is 1. The van der Waals surface area contributed by atoms with Gasteiger partial charge in [-0.05, 0) is 42.8 Å². The number of hydrogen-bond acceptors (Lipinski definition) is 6. The largest absolute Gasteiger partial charge is 0.345 e. The molecule has 1 aliphatic heterocycles. The van der Waals surface area contributed by atoms with Gasteiger partial charge in [-0.15, -0.1) is 0 Å². The number of piperazine rings is 1. The van der Waals surface area contributed by atoms with E-state index in [1.807, 2.05) is 19.1 Å². The minimum Gasteiger partial charge on any atom is -0.345 e. The average molecular weight is 464 g/mol. The van der Waals surface area contributed by atoms with Gasteiger partial charge in [0, 0.05) is 36.8 Å². The Morgan fingerprint density at radius 3 is 2.60 bits per heavy atom. The van der Waals surface area contributed by atoms with E-state index in [1.54, 1.807) is 35.3 Å². The SMILES string of the molecule is CCS(=O)(=O)c1cccc(C(=O)N2CCN(c3nc4c(C)c(Cl)ccc4s3)CC2)c1. The summed E-state index contributed by atoms with van der Waals surface area (Å²) in [4.78, 5) is 21.8. The lowest BCUT2D eigenvalue weighted by atomic mass is 10.2. The van der Waals surface area contributed by atoms with Crippen LogP contribution in [0.5, 0.6) is 0 Å². The summed E-state index contributed by atoms with van der Waals surface area (Å²) in [6.45, 7) is 6.02. The number of carbonyl (C=O) groups is 1. The van der Waals surface area contributed by atoms with Crippen LogP contribution in [0.2, 0.25) is 5.02 Å². The molecule has 1 fully saturated rings. The summed E-state index contributed by atoms with van der Waals surface area (Å²) in [6.07, 6.45) is 0. The van der Waals surface area contributed by atoms with Crippen LogP contribution in [-0.4, -0.2) is 56.1 Å². The molecule has 1 aliphatic rings. The summed E-state index contributed by atoms with van der Waals surface area (Å²) in [5.41, 5.74) is 2.31. The van der Waals surface area contributed by atoms with Gasteiger partial charge in [0.05, 0.1) is 20.9 Å².